The summed E-state index contributed by atoms with van der Waals surface area (Å²) in [5.41, 5.74) is 0.0409. The Hall–Kier alpha value is -1.70. The quantitative estimate of drug-likeness (QED) is 0.486. The molecule has 0 fully saturated rings. The first-order valence-corrected chi connectivity index (χ1v) is 6.80. The fraction of sp³-hybridized carbons (Fsp3) is 0.0769. The van der Waals surface area contributed by atoms with Crippen LogP contribution in [0.2, 0.25) is 5.02 Å². The molecule has 5 nitrogen and oxygen atoms in total. The van der Waals surface area contributed by atoms with Crippen LogP contribution in [0, 0.1) is 15.9 Å². The molecule has 110 valence electrons. The van der Waals surface area contributed by atoms with Crippen molar-refractivity contribution in [2.45, 2.75) is 6.61 Å². The molecule has 0 bridgehead atoms. The molecule has 0 aliphatic heterocycles. The van der Waals surface area contributed by atoms with Crippen LogP contribution in [0.15, 0.2) is 34.8 Å². The summed E-state index contributed by atoms with van der Waals surface area (Å²) in [5, 5.41) is 19.9. The molecule has 0 aromatic heterocycles. The second-order valence-corrected chi connectivity index (χ2v) is 5.27. The van der Waals surface area contributed by atoms with Gasteiger partial charge in [-0.3, -0.25) is 10.1 Å². The number of non-ortho nitro benzene ring substituents is 1. The molecule has 2 aromatic rings. The maximum absolute atomic E-state index is 13.4. The van der Waals surface area contributed by atoms with Crippen LogP contribution in [-0.4, -0.2) is 10.0 Å². The molecular formula is C13H8BrClFNO4. The zero-order valence-electron chi connectivity index (χ0n) is 10.3. The predicted molar refractivity (Wildman–Crippen MR) is 78.2 cm³/mol. The molecule has 8 heteroatoms. The number of rotatable bonds is 4. The Bertz CT molecular complexity index is 711. The minimum Gasteiger partial charge on any atom is -0.456 e. The van der Waals surface area contributed by atoms with Gasteiger partial charge < -0.3 is 9.84 Å². The summed E-state index contributed by atoms with van der Waals surface area (Å²) in [6.45, 7) is -0.454. The van der Waals surface area contributed by atoms with Crippen LogP contribution in [0.25, 0.3) is 0 Å². The smallest absolute Gasteiger partial charge is 0.270 e. The van der Waals surface area contributed by atoms with E-state index in [0.29, 0.717) is 4.47 Å². The molecule has 0 saturated carbocycles. The van der Waals surface area contributed by atoms with E-state index in [-0.39, 0.29) is 27.8 Å². The summed E-state index contributed by atoms with van der Waals surface area (Å²) in [5.74, 6) is -0.340. The maximum atomic E-state index is 13.4. The number of nitro benzene ring substituents is 1. The van der Waals surface area contributed by atoms with Crippen LogP contribution in [-0.2, 0) is 6.61 Å². The number of halogens is 3. The molecule has 21 heavy (non-hydrogen) atoms. The summed E-state index contributed by atoms with van der Waals surface area (Å²) in [6.07, 6.45) is 0. The second kappa shape index (κ2) is 6.38. The Morgan fingerprint density at radius 3 is 2.67 bits per heavy atom. The lowest BCUT2D eigenvalue weighted by molar-refractivity contribution is -0.385. The predicted octanol–water partition coefficient (Wildman–Crippen LogP) is 4.43. The highest BCUT2D eigenvalue weighted by atomic mass is 79.9. The molecule has 0 spiro atoms. The van der Waals surface area contributed by atoms with Crippen LogP contribution in [0.3, 0.4) is 0 Å². The van der Waals surface area contributed by atoms with Gasteiger partial charge in [-0.2, -0.15) is 0 Å². The van der Waals surface area contributed by atoms with E-state index in [2.05, 4.69) is 15.9 Å². The van der Waals surface area contributed by atoms with Crippen molar-refractivity contribution in [1.82, 2.24) is 0 Å². The average Bonchev–Trinajstić information content (AvgIpc) is 2.44. The first kappa shape index (κ1) is 15.7. The van der Waals surface area contributed by atoms with E-state index in [9.17, 15) is 19.6 Å². The van der Waals surface area contributed by atoms with Crippen molar-refractivity contribution in [1.29, 1.82) is 0 Å². The van der Waals surface area contributed by atoms with Crippen molar-refractivity contribution >= 4 is 33.2 Å². The van der Waals surface area contributed by atoms with E-state index in [1.807, 2.05) is 0 Å². The fourth-order valence-electron chi connectivity index (χ4n) is 1.60. The number of nitrogens with zero attached hydrogens (tertiary/aromatic N) is 1. The van der Waals surface area contributed by atoms with E-state index in [4.69, 9.17) is 16.3 Å². The van der Waals surface area contributed by atoms with Gasteiger partial charge in [0.15, 0.2) is 0 Å². The number of aliphatic hydroxyl groups is 1. The summed E-state index contributed by atoms with van der Waals surface area (Å²) < 4.78 is 19.3. The van der Waals surface area contributed by atoms with Crippen molar-refractivity contribution in [2.75, 3.05) is 0 Å². The summed E-state index contributed by atoms with van der Waals surface area (Å²) >= 11 is 8.80. The van der Waals surface area contributed by atoms with Gasteiger partial charge in [0.25, 0.3) is 5.69 Å². The normalized spacial score (nSPS) is 10.5. The minimum atomic E-state index is -0.665. The molecular weight excluding hydrogens is 369 g/mol. The molecule has 0 aliphatic carbocycles. The summed E-state index contributed by atoms with van der Waals surface area (Å²) in [7, 11) is 0. The molecule has 0 saturated heterocycles. The van der Waals surface area contributed by atoms with Gasteiger partial charge >= 0.3 is 0 Å². The first-order chi connectivity index (χ1) is 9.92. The third-order valence-electron chi connectivity index (χ3n) is 2.62. The van der Waals surface area contributed by atoms with Gasteiger partial charge in [-0.15, -0.1) is 0 Å². The lowest BCUT2D eigenvalue weighted by Crippen LogP contribution is -1.96. The Labute approximate surface area is 132 Å². The monoisotopic (exact) mass is 375 g/mol. The van der Waals surface area contributed by atoms with Gasteiger partial charge in [0, 0.05) is 23.8 Å². The lowest BCUT2D eigenvalue weighted by Gasteiger charge is -2.11. The second-order valence-electron chi connectivity index (χ2n) is 4.01. The van der Waals surface area contributed by atoms with E-state index in [0.717, 1.165) is 6.07 Å². The molecule has 0 heterocycles. The number of benzene rings is 2. The lowest BCUT2D eigenvalue weighted by atomic mass is 10.2. The van der Waals surface area contributed by atoms with Crippen molar-refractivity contribution < 1.29 is 19.2 Å². The third-order valence-corrected chi connectivity index (χ3v) is 3.53. The Morgan fingerprint density at radius 1 is 1.33 bits per heavy atom. The number of aliphatic hydroxyl groups excluding tert-OH is 1. The highest BCUT2D eigenvalue weighted by Crippen LogP contribution is 2.35. The number of hydrogen-bond donors (Lipinski definition) is 1. The van der Waals surface area contributed by atoms with Crippen molar-refractivity contribution in [3.8, 4) is 11.5 Å². The third kappa shape index (κ3) is 3.49. The zero-order valence-corrected chi connectivity index (χ0v) is 12.7. The topological polar surface area (TPSA) is 72.6 Å². The molecule has 0 unspecified atom stereocenters. The first-order valence-electron chi connectivity index (χ1n) is 5.63. The number of nitro groups is 1. The van der Waals surface area contributed by atoms with Crippen LogP contribution < -0.4 is 4.74 Å². The highest BCUT2D eigenvalue weighted by molar-refractivity contribution is 9.10. The minimum absolute atomic E-state index is 0.0692. The van der Waals surface area contributed by atoms with Crippen LogP contribution >= 0.6 is 27.5 Å². The SMILES string of the molecule is O=[N+]([O-])c1ccc(Oc2cc(F)c(Cl)cc2Br)c(CO)c1. The van der Waals surface area contributed by atoms with Crippen molar-refractivity contribution in [3.05, 3.63) is 61.3 Å². The molecule has 1 N–H and O–H groups in total. The summed E-state index contributed by atoms with van der Waals surface area (Å²) in [4.78, 5) is 10.1. The van der Waals surface area contributed by atoms with Gasteiger partial charge in [-0.05, 0) is 28.1 Å². The van der Waals surface area contributed by atoms with Crippen molar-refractivity contribution in [3.63, 3.8) is 0 Å². The molecule has 0 amide bonds. The Balaban J connectivity index is 2.40. The molecule has 0 radical (unpaired) electrons. The van der Waals surface area contributed by atoms with E-state index in [1.54, 1.807) is 0 Å². The van der Waals surface area contributed by atoms with E-state index < -0.39 is 17.3 Å². The molecule has 0 atom stereocenters. The van der Waals surface area contributed by atoms with Gasteiger partial charge in [0.05, 0.1) is 21.0 Å². The standard InChI is InChI=1S/C13H8BrClFNO4/c14-9-4-10(15)11(16)5-13(9)21-12-2-1-8(17(19)20)3-7(12)6-18/h1-5,18H,6H2. The maximum Gasteiger partial charge on any atom is 0.270 e. The van der Waals surface area contributed by atoms with Crippen LogP contribution in [0.4, 0.5) is 10.1 Å². The number of ether oxygens (including phenoxy) is 1. The Kier molecular flexibility index (Phi) is 4.76. The largest absolute Gasteiger partial charge is 0.456 e. The molecule has 2 aromatic carbocycles. The molecule has 0 aliphatic rings. The number of hydrogen-bond acceptors (Lipinski definition) is 4. The van der Waals surface area contributed by atoms with E-state index >= 15 is 0 Å². The Morgan fingerprint density at radius 2 is 2.05 bits per heavy atom. The van der Waals surface area contributed by atoms with Crippen molar-refractivity contribution in [2.24, 2.45) is 0 Å². The average molecular weight is 377 g/mol. The molecule has 2 rings (SSSR count). The van der Waals surface area contributed by atoms with E-state index in [1.165, 1.54) is 24.3 Å². The van der Waals surface area contributed by atoms with Crippen LogP contribution in [0.5, 0.6) is 11.5 Å². The van der Waals surface area contributed by atoms with Gasteiger partial charge in [-0.25, -0.2) is 4.39 Å². The zero-order chi connectivity index (χ0) is 15.6. The highest BCUT2D eigenvalue weighted by Gasteiger charge is 2.14. The van der Waals surface area contributed by atoms with Gasteiger partial charge in [0.1, 0.15) is 17.3 Å². The fourth-order valence-corrected chi connectivity index (χ4v) is 2.32. The van der Waals surface area contributed by atoms with Gasteiger partial charge in [0.2, 0.25) is 0 Å². The van der Waals surface area contributed by atoms with Crippen LogP contribution in [0.1, 0.15) is 5.56 Å². The van der Waals surface area contributed by atoms with Gasteiger partial charge in [-0.1, -0.05) is 11.6 Å². The summed E-state index contributed by atoms with van der Waals surface area (Å²) in [6, 6.07) is 6.16.